The lowest BCUT2D eigenvalue weighted by molar-refractivity contribution is 0.174. The highest BCUT2D eigenvalue weighted by atomic mass is 35.5. The Kier molecular flexibility index (Phi) is 6.09. The minimum absolute atomic E-state index is 0.258. The molecule has 0 bridgehead atoms. The van der Waals surface area contributed by atoms with Crippen molar-refractivity contribution in [1.82, 2.24) is 5.32 Å². The van der Waals surface area contributed by atoms with Crippen LogP contribution in [0.3, 0.4) is 0 Å². The third-order valence-corrected chi connectivity index (χ3v) is 5.50. The number of hydrogen-bond donors (Lipinski definition) is 1. The van der Waals surface area contributed by atoms with Crippen LogP contribution in [-0.2, 0) is 13.2 Å². The molecule has 0 amide bonds. The molecule has 0 unspecified atom stereocenters. The zero-order valence-electron chi connectivity index (χ0n) is 15.3. The van der Waals surface area contributed by atoms with Crippen LogP contribution in [0.2, 0.25) is 10.0 Å². The van der Waals surface area contributed by atoms with Gasteiger partial charge in [-0.05, 0) is 47.5 Å². The maximum Gasteiger partial charge on any atom is 0.231 e. The number of nitrogens with one attached hydrogen (secondary N) is 1. The molecule has 3 aromatic rings. The van der Waals surface area contributed by atoms with Crippen LogP contribution in [0.1, 0.15) is 16.7 Å². The number of hydrogen-bond acceptors (Lipinski definition) is 4. The summed E-state index contributed by atoms with van der Waals surface area (Å²) >= 11 is 17.6. The molecule has 1 heterocycles. The van der Waals surface area contributed by atoms with Crippen LogP contribution in [-0.4, -0.2) is 11.8 Å². The largest absolute Gasteiger partial charge is 0.488 e. The Balaban J connectivity index is 1.41. The van der Waals surface area contributed by atoms with Crippen molar-refractivity contribution in [3.63, 3.8) is 0 Å². The van der Waals surface area contributed by atoms with Crippen LogP contribution in [0.25, 0.3) is 0 Å². The van der Waals surface area contributed by atoms with E-state index in [2.05, 4.69) is 5.32 Å². The van der Waals surface area contributed by atoms with Gasteiger partial charge in [0, 0.05) is 6.54 Å². The van der Waals surface area contributed by atoms with Gasteiger partial charge < -0.3 is 19.5 Å². The predicted octanol–water partition coefficient (Wildman–Crippen LogP) is 5.77. The summed E-state index contributed by atoms with van der Waals surface area (Å²) in [4.78, 5) is 0.604. The Hall–Kier alpha value is -2.47. The Bertz CT molecular complexity index is 1060. The van der Waals surface area contributed by atoms with Crippen LogP contribution >= 0.6 is 35.4 Å². The van der Waals surface area contributed by atoms with Crippen molar-refractivity contribution in [3.8, 4) is 17.2 Å². The van der Waals surface area contributed by atoms with E-state index in [4.69, 9.17) is 49.6 Å². The lowest BCUT2D eigenvalue weighted by Crippen LogP contribution is -2.22. The van der Waals surface area contributed by atoms with E-state index in [1.165, 1.54) is 0 Å². The van der Waals surface area contributed by atoms with E-state index < -0.39 is 0 Å². The molecule has 0 saturated carbocycles. The maximum absolute atomic E-state index is 6.08. The number of rotatable bonds is 6. The minimum Gasteiger partial charge on any atom is -0.488 e. The van der Waals surface area contributed by atoms with Crippen LogP contribution in [0.5, 0.6) is 17.2 Å². The quantitative estimate of drug-likeness (QED) is 0.487. The Morgan fingerprint density at radius 3 is 2.59 bits per heavy atom. The van der Waals surface area contributed by atoms with Crippen molar-refractivity contribution in [2.45, 2.75) is 13.2 Å². The molecule has 1 N–H and O–H groups in total. The summed E-state index contributed by atoms with van der Waals surface area (Å²) < 4.78 is 16.7. The van der Waals surface area contributed by atoms with E-state index in [1.54, 1.807) is 12.1 Å². The molecular formula is C22H17Cl2NO3S. The summed E-state index contributed by atoms with van der Waals surface area (Å²) in [7, 11) is 0. The van der Waals surface area contributed by atoms with Crippen molar-refractivity contribution in [1.29, 1.82) is 0 Å². The molecule has 4 rings (SSSR count). The predicted molar refractivity (Wildman–Crippen MR) is 118 cm³/mol. The number of halogens is 2. The minimum atomic E-state index is 0.258. The highest BCUT2D eigenvalue weighted by Crippen LogP contribution is 2.32. The molecule has 0 aromatic heterocycles. The topological polar surface area (TPSA) is 39.7 Å². The van der Waals surface area contributed by atoms with Gasteiger partial charge in [0.2, 0.25) is 6.79 Å². The molecular weight excluding hydrogens is 429 g/mol. The highest BCUT2D eigenvalue weighted by Gasteiger charge is 2.14. The Morgan fingerprint density at radius 1 is 0.931 bits per heavy atom. The third-order valence-electron chi connectivity index (χ3n) is 4.40. The van der Waals surface area contributed by atoms with Gasteiger partial charge in [0.15, 0.2) is 11.5 Å². The molecule has 7 heteroatoms. The summed E-state index contributed by atoms with van der Waals surface area (Å²) in [5, 5.41) is 4.30. The highest BCUT2D eigenvalue weighted by molar-refractivity contribution is 7.80. The first-order valence-corrected chi connectivity index (χ1v) is 10.1. The standard InChI is InChI=1S/C22H17Cl2NO3S/c23-17-7-5-15(9-18(17)24)12-26-19-4-2-1-3-16(19)22(29)25-11-14-6-8-20-21(10-14)28-13-27-20/h1-10H,11-13H2,(H,25,29). The first-order valence-electron chi connectivity index (χ1n) is 8.92. The number of benzene rings is 3. The molecule has 29 heavy (non-hydrogen) atoms. The fourth-order valence-corrected chi connectivity index (χ4v) is 3.46. The van der Waals surface area contributed by atoms with Crippen molar-refractivity contribution in [2.24, 2.45) is 0 Å². The molecule has 0 saturated heterocycles. The molecule has 0 fully saturated rings. The van der Waals surface area contributed by atoms with Gasteiger partial charge in [-0.15, -0.1) is 0 Å². The van der Waals surface area contributed by atoms with Crippen molar-refractivity contribution >= 4 is 40.4 Å². The number of thiocarbonyl (C=S) groups is 1. The molecule has 0 aliphatic carbocycles. The smallest absolute Gasteiger partial charge is 0.231 e. The number of para-hydroxylation sites is 1. The molecule has 1 aliphatic heterocycles. The second kappa shape index (κ2) is 8.91. The van der Waals surface area contributed by atoms with Gasteiger partial charge in [0.05, 0.1) is 15.6 Å². The monoisotopic (exact) mass is 445 g/mol. The molecule has 4 nitrogen and oxygen atoms in total. The van der Waals surface area contributed by atoms with Gasteiger partial charge in [0.1, 0.15) is 17.3 Å². The lowest BCUT2D eigenvalue weighted by atomic mass is 10.1. The second-order valence-electron chi connectivity index (χ2n) is 6.40. The molecule has 0 radical (unpaired) electrons. The number of ether oxygens (including phenoxy) is 3. The number of fused-ring (bicyclic) bond motifs is 1. The summed E-state index contributed by atoms with van der Waals surface area (Å²) in [6.45, 7) is 1.18. The SMILES string of the molecule is S=C(NCc1ccc2c(c1)OCO2)c1ccccc1OCc1ccc(Cl)c(Cl)c1. The van der Waals surface area contributed by atoms with Crippen LogP contribution in [0.4, 0.5) is 0 Å². The maximum atomic E-state index is 6.08. The van der Waals surface area contributed by atoms with Crippen LogP contribution < -0.4 is 19.5 Å². The van der Waals surface area contributed by atoms with E-state index in [-0.39, 0.29) is 6.79 Å². The molecule has 3 aromatic carbocycles. The fraction of sp³-hybridized carbons (Fsp3) is 0.136. The van der Waals surface area contributed by atoms with E-state index in [1.807, 2.05) is 48.5 Å². The van der Waals surface area contributed by atoms with Gasteiger partial charge in [0.25, 0.3) is 0 Å². The van der Waals surface area contributed by atoms with E-state index in [0.29, 0.717) is 33.9 Å². The summed E-state index contributed by atoms with van der Waals surface area (Å²) in [5.74, 6) is 2.21. The van der Waals surface area contributed by atoms with E-state index in [0.717, 1.165) is 28.2 Å². The second-order valence-corrected chi connectivity index (χ2v) is 7.63. The lowest BCUT2D eigenvalue weighted by Gasteiger charge is -2.14. The first kappa shape index (κ1) is 19.8. The molecule has 0 atom stereocenters. The Labute approximate surface area is 184 Å². The Morgan fingerprint density at radius 2 is 1.72 bits per heavy atom. The molecule has 148 valence electrons. The summed E-state index contributed by atoms with van der Waals surface area (Å²) in [6.07, 6.45) is 0. The third kappa shape index (κ3) is 4.75. The zero-order chi connectivity index (χ0) is 20.2. The van der Waals surface area contributed by atoms with Crippen LogP contribution in [0, 0.1) is 0 Å². The summed E-state index contributed by atoms with van der Waals surface area (Å²) in [6, 6.07) is 18.9. The van der Waals surface area contributed by atoms with Crippen molar-refractivity contribution in [2.75, 3.05) is 6.79 Å². The average molecular weight is 446 g/mol. The van der Waals surface area contributed by atoms with Crippen molar-refractivity contribution in [3.05, 3.63) is 87.4 Å². The van der Waals surface area contributed by atoms with Gasteiger partial charge >= 0.3 is 0 Å². The molecule has 0 spiro atoms. The van der Waals surface area contributed by atoms with E-state index >= 15 is 0 Å². The average Bonchev–Trinajstić information content (AvgIpc) is 3.21. The van der Waals surface area contributed by atoms with Gasteiger partial charge in [-0.1, -0.05) is 59.7 Å². The normalized spacial score (nSPS) is 11.9. The van der Waals surface area contributed by atoms with Crippen molar-refractivity contribution < 1.29 is 14.2 Å². The molecule has 1 aliphatic rings. The van der Waals surface area contributed by atoms with Crippen LogP contribution in [0.15, 0.2) is 60.7 Å². The van der Waals surface area contributed by atoms with E-state index in [9.17, 15) is 0 Å². The van der Waals surface area contributed by atoms with Gasteiger partial charge in [-0.25, -0.2) is 0 Å². The van der Waals surface area contributed by atoms with Gasteiger partial charge in [-0.3, -0.25) is 0 Å². The first-order chi connectivity index (χ1) is 14.1. The zero-order valence-corrected chi connectivity index (χ0v) is 17.6. The van der Waals surface area contributed by atoms with Gasteiger partial charge in [-0.2, -0.15) is 0 Å². The fourth-order valence-electron chi connectivity index (χ4n) is 2.90. The summed E-state index contributed by atoms with van der Waals surface area (Å²) in [5.41, 5.74) is 2.79.